The molecule has 1 nitrogen and oxygen atoms in total. The first-order valence-electron chi connectivity index (χ1n) is 4.69. The lowest BCUT2D eigenvalue weighted by Crippen LogP contribution is -1.99. The molecule has 5 heteroatoms. The molecule has 0 bridgehead atoms. The van der Waals surface area contributed by atoms with Crippen LogP contribution in [0.25, 0.3) is 0 Å². The molecule has 0 N–H and O–H groups in total. The molecule has 1 aliphatic rings. The summed E-state index contributed by atoms with van der Waals surface area (Å²) in [6, 6.07) is 1.98. The van der Waals surface area contributed by atoms with Crippen molar-refractivity contribution in [1.82, 2.24) is 0 Å². The first kappa shape index (κ1) is 12.0. The molecule has 0 amide bonds. The predicted molar refractivity (Wildman–Crippen MR) is 73.4 cm³/mol. The van der Waals surface area contributed by atoms with E-state index in [1.165, 1.54) is 0 Å². The molecule has 1 unspecified atom stereocenters. The number of ether oxygens (including phenoxy) is 1. The van der Waals surface area contributed by atoms with Crippen molar-refractivity contribution in [3.8, 4) is 0 Å². The highest BCUT2D eigenvalue weighted by Crippen LogP contribution is 2.40. The highest BCUT2D eigenvalue weighted by molar-refractivity contribution is 7.86. The van der Waals surface area contributed by atoms with Crippen molar-refractivity contribution in [1.29, 1.82) is 0 Å². The van der Waals surface area contributed by atoms with Crippen molar-refractivity contribution in [2.75, 3.05) is 6.61 Å². The monoisotopic (exact) mass is 276 g/mol. The Morgan fingerprint density at radius 1 is 1.07 bits per heavy atom. The number of thiol groups is 4. The Morgan fingerprint density at radius 2 is 1.80 bits per heavy atom. The summed E-state index contributed by atoms with van der Waals surface area (Å²) in [5.74, 6) is 0. The van der Waals surface area contributed by atoms with Crippen LogP contribution in [-0.2, 0) is 4.74 Å². The average Bonchev–Trinajstić information content (AvgIpc) is 2.73. The van der Waals surface area contributed by atoms with Gasteiger partial charge in [-0.3, -0.25) is 0 Å². The smallest absolute Gasteiger partial charge is 0.0837 e. The van der Waals surface area contributed by atoms with Crippen LogP contribution in [0.3, 0.4) is 0 Å². The van der Waals surface area contributed by atoms with Crippen LogP contribution in [-0.4, -0.2) is 6.61 Å². The molecule has 1 fully saturated rings. The SMILES string of the molecule is Sc1cc(C2CCCO2)c(S)c(S)c1S. The van der Waals surface area contributed by atoms with E-state index in [0.717, 1.165) is 44.6 Å². The molecule has 0 aliphatic carbocycles. The summed E-state index contributed by atoms with van der Waals surface area (Å²) in [4.78, 5) is 3.23. The second kappa shape index (κ2) is 4.84. The molecule has 0 spiro atoms. The van der Waals surface area contributed by atoms with Gasteiger partial charge in [0, 0.05) is 26.2 Å². The molecule has 0 saturated carbocycles. The molecule has 1 heterocycles. The molecule has 0 radical (unpaired) electrons. The van der Waals surface area contributed by atoms with E-state index >= 15 is 0 Å². The maximum atomic E-state index is 5.63. The molecular formula is C10H12OS4. The van der Waals surface area contributed by atoms with Crippen molar-refractivity contribution < 1.29 is 4.74 Å². The zero-order chi connectivity index (χ0) is 11.0. The van der Waals surface area contributed by atoms with Gasteiger partial charge in [-0.2, -0.15) is 0 Å². The van der Waals surface area contributed by atoms with Crippen LogP contribution in [0.5, 0.6) is 0 Å². The number of benzene rings is 1. The van der Waals surface area contributed by atoms with Gasteiger partial charge in [-0.1, -0.05) is 0 Å². The van der Waals surface area contributed by atoms with Gasteiger partial charge in [0.2, 0.25) is 0 Å². The quantitative estimate of drug-likeness (QED) is 0.572. The maximum Gasteiger partial charge on any atom is 0.0837 e. The third-order valence-electron chi connectivity index (χ3n) is 2.53. The van der Waals surface area contributed by atoms with Crippen LogP contribution in [0, 0.1) is 0 Å². The third-order valence-corrected chi connectivity index (χ3v) is 4.81. The first-order chi connectivity index (χ1) is 7.11. The molecular weight excluding hydrogens is 264 g/mol. The van der Waals surface area contributed by atoms with Crippen molar-refractivity contribution in [3.63, 3.8) is 0 Å². The van der Waals surface area contributed by atoms with E-state index in [2.05, 4.69) is 50.5 Å². The zero-order valence-electron chi connectivity index (χ0n) is 7.97. The predicted octanol–water partition coefficient (Wildman–Crippen LogP) is 3.69. The van der Waals surface area contributed by atoms with E-state index < -0.39 is 0 Å². The standard InChI is InChI=1S/C10H12OS4/c12-7-4-5(6-2-1-3-11-6)8(13)10(15)9(7)14/h4,6,12-15H,1-3H2. The van der Waals surface area contributed by atoms with Gasteiger partial charge in [0.15, 0.2) is 0 Å². The van der Waals surface area contributed by atoms with Crippen molar-refractivity contribution in [3.05, 3.63) is 11.6 Å². The van der Waals surface area contributed by atoms with Gasteiger partial charge in [-0.05, 0) is 24.5 Å². The largest absolute Gasteiger partial charge is 0.373 e. The summed E-state index contributed by atoms with van der Waals surface area (Å²) in [6.07, 6.45) is 2.28. The number of hydrogen-bond acceptors (Lipinski definition) is 5. The normalized spacial score (nSPS) is 20.9. The first-order valence-corrected chi connectivity index (χ1v) is 6.48. The summed E-state index contributed by atoms with van der Waals surface area (Å²) in [5.41, 5.74) is 1.07. The molecule has 15 heavy (non-hydrogen) atoms. The average molecular weight is 276 g/mol. The van der Waals surface area contributed by atoms with Gasteiger partial charge in [-0.25, -0.2) is 0 Å². The molecule has 2 rings (SSSR count). The topological polar surface area (TPSA) is 9.23 Å². The van der Waals surface area contributed by atoms with Gasteiger partial charge in [0.1, 0.15) is 0 Å². The van der Waals surface area contributed by atoms with Crippen LogP contribution >= 0.6 is 50.5 Å². The van der Waals surface area contributed by atoms with Crippen LogP contribution in [0.2, 0.25) is 0 Å². The molecule has 1 aromatic rings. The van der Waals surface area contributed by atoms with E-state index in [4.69, 9.17) is 4.74 Å². The Labute approximate surface area is 112 Å². The highest BCUT2D eigenvalue weighted by Gasteiger charge is 2.22. The summed E-state index contributed by atoms with van der Waals surface area (Å²) in [5, 5.41) is 0. The minimum atomic E-state index is 0.142. The Balaban J connectivity index is 2.47. The minimum absolute atomic E-state index is 0.142. The maximum absolute atomic E-state index is 5.63. The number of hydrogen-bond donors (Lipinski definition) is 4. The molecule has 1 saturated heterocycles. The Morgan fingerprint density at radius 3 is 2.40 bits per heavy atom. The molecule has 1 atom stereocenters. The highest BCUT2D eigenvalue weighted by atomic mass is 32.1. The minimum Gasteiger partial charge on any atom is -0.373 e. The lowest BCUT2D eigenvalue weighted by atomic mass is 10.1. The van der Waals surface area contributed by atoms with Gasteiger partial charge < -0.3 is 4.74 Å². The fourth-order valence-electron chi connectivity index (χ4n) is 1.72. The second-order valence-corrected chi connectivity index (χ2v) is 5.36. The van der Waals surface area contributed by atoms with Crippen molar-refractivity contribution >= 4 is 50.5 Å². The Hall–Kier alpha value is 0.580. The zero-order valence-corrected chi connectivity index (χ0v) is 11.6. The van der Waals surface area contributed by atoms with Crippen LogP contribution in [0.15, 0.2) is 25.6 Å². The Kier molecular flexibility index (Phi) is 3.88. The van der Waals surface area contributed by atoms with Crippen molar-refractivity contribution in [2.24, 2.45) is 0 Å². The third kappa shape index (κ3) is 2.31. The Bertz CT molecular complexity index is 385. The van der Waals surface area contributed by atoms with Gasteiger partial charge in [0.05, 0.1) is 6.10 Å². The van der Waals surface area contributed by atoms with E-state index in [9.17, 15) is 0 Å². The summed E-state index contributed by atoms with van der Waals surface area (Å²) >= 11 is 17.5. The molecule has 0 aromatic heterocycles. The van der Waals surface area contributed by atoms with Crippen LogP contribution in [0.1, 0.15) is 24.5 Å². The lowest BCUT2D eigenvalue weighted by Gasteiger charge is -2.16. The van der Waals surface area contributed by atoms with Gasteiger partial charge >= 0.3 is 0 Å². The van der Waals surface area contributed by atoms with Crippen LogP contribution in [0.4, 0.5) is 0 Å². The van der Waals surface area contributed by atoms with E-state index in [1.807, 2.05) is 6.07 Å². The van der Waals surface area contributed by atoms with Crippen molar-refractivity contribution in [2.45, 2.75) is 38.5 Å². The summed E-state index contributed by atoms with van der Waals surface area (Å²) in [7, 11) is 0. The van der Waals surface area contributed by atoms with Crippen LogP contribution < -0.4 is 0 Å². The second-order valence-electron chi connectivity index (χ2n) is 3.53. The lowest BCUT2D eigenvalue weighted by molar-refractivity contribution is 0.109. The summed E-state index contributed by atoms with van der Waals surface area (Å²) < 4.78 is 5.63. The van der Waals surface area contributed by atoms with E-state index in [1.54, 1.807) is 0 Å². The van der Waals surface area contributed by atoms with Gasteiger partial charge in [0.25, 0.3) is 0 Å². The fourth-order valence-corrected chi connectivity index (χ4v) is 2.90. The van der Waals surface area contributed by atoms with E-state index in [0.29, 0.717) is 0 Å². The molecule has 1 aliphatic heterocycles. The molecule has 1 aromatic carbocycles. The van der Waals surface area contributed by atoms with E-state index in [-0.39, 0.29) is 6.10 Å². The fraction of sp³-hybridized carbons (Fsp3) is 0.400. The van der Waals surface area contributed by atoms with Gasteiger partial charge in [-0.15, -0.1) is 50.5 Å². The number of rotatable bonds is 1. The summed E-state index contributed by atoms with van der Waals surface area (Å²) in [6.45, 7) is 0.824. The molecule has 82 valence electrons.